The molecular formula is C18H29ClN2. The maximum Gasteiger partial charge on any atom is 0.0406 e. The van der Waals surface area contributed by atoms with E-state index in [4.69, 9.17) is 11.6 Å². The van der Waals surface area contributed by atoms with Crippen molar-refractivity contribution in [2.75, 3.05) is 20.1 Å². The van der Waals surface area contributed by atoms with Gasteiger partial charge in [0.2, 0.25) is 0 Å². The topological polar surface area (TPSA) is 15.3 Å². The van der Waals surface area contributed by atoms with Crippen molar-refractivity contribution in [3.8, 4) is 0 Å². The van der Waals surface area contributed by atoms with Crippen LogP contribution in [-0.4, -0.2) is 31.1 Å². The van der Waals surface area contributed by atoms with E-state index >= 15 is 0 Å². The number of hydrogen-bond acceptors (Lipinski definition) is 2. The van der Waals surface area contributed by atoms with Crippen LogP contribution < -0.4 is 5.32 Å². The van der Waals surface area contributed by atoms with Gasteiger partial charge in [0.05, 0.1) is 0 Å². The van der Waals surface area contributed by atoms with Crippen LogP contribution in [-0.2, 0) is 0 Å². The van der Waals surface area contributed by atoms with E-state index in [1.165, 1.54) is 24.8 Å². The second-order valence-corrected chi connectivity index (χ2v) is 7.40. The first-order chi connectivity index (χ1) is 9.93. The Hall–Kier alpha value is -0.570. The molecule has 1 saturated carbocycles. The zero-order valence-corrected chi connectivity index (χ0v) is 14.6. The molecule has 21 heavy (non-hydrogen) atoms. The van der Waals surface area contributed by atoms with Gasteiger partial charge < -0.3 is 5.32 Å². The maximum atomic E-state index is 5.98. The Labute approximate surface area is 134 Å². The summed E-state index contributed by atoms with van der Waals surface area (Å²) in [5, 5.41) is 4.50. The molecule has 1 aliphatic carbocycles. The van der Waals surface area contributed by atoms with Gasteiger partial charge in [-0.25, -0.2) is 0 Å². The molecule has 1 N–H and O–H groups in total. The van der Waals surface area contributed by atoms with Gasteiger partial charge in [0.15, 0.2) is 0 Å². The van der Waals surface area contributed by atoms with E-state index in [2.05, 4.69) is 50.2 Å². The van der Waals surface area contributed by atoms with Crippen LogP contribution in [0.4, 0.5) is 0 Å². The van der Waals surface area contributed by atoms with Gasteiger partial charge in [-0.15, -0.1) is 0 Å². The summed E-state index contributed by atoms with van der Waals surface area (Å²) < 4.78 is 0. The molecule has 1 aromatic rings. The Balaban J connectivity index is 1.93. The van der Waals surface area contributed by atoms with E-state index in [9.17, 15) is 0 Å². The maximum absolute atomic E-state index is 5.98. The van der Waals surface area contributed by atoms with Crippen molar-refractivity contribution < 1.29 is 0 Å². The molecule has 3 heteroatoms. The Morgan fingerprint density at radius 3 is 2.48 bits per heavy atom. The van der Waals surface area contributed by atoms with Crippen LogP contribution in [0.15, 0.2) is 24.3 Å². The summed E-state index contributed by atoms with van der Waals surface area (Å²) in [7, 11) is 2.23. The number of nitrogens with zero attached hydrogens (tertiary/aromatic N) is 1. The van der Waals surface area contributed by atoms with E-state index in [0.717, 1.165) is 24.2 Å². The largest absolute Gasteiger partial charge is 0.313 e. The van der Waals surface area contributed by atoms with Crippen LogP contribution in [0.3, 0.4) is 0 Å². The van der Waals surface area contributed by atoms with Crippen LogP contribution in [0.25, 0.3) is 0 Å². The predicted octanol–water partition coefficient (Wildman–Crippen LogP) is 4.50. The normalized spacial score (nSPS) is 19.5. The highest BCUT2D eigenvalue weighted by molar-refractivity contribution is 6.30. The summed E-state index contributed by atoms with van der Waals surface area (Å²) in [4.78, 5) is 2.46. The van der Waals surface area contributed by atoms with E-state index in [1.807, 2.05) is 12.1 Å². The fourth-order valence-electron chi connectivity index (χ4n) is 2.71. The first-order valence-corrected chi connectivity index (χ1v) is 8.50. The fourth-order valence-corrected chi connectivity index (χ4v) is 2.83. The Bertz CT molecular complexity index is 441. The predicted molar refractivity (Wildman–Crippen MR) is 91.9 cm³/mol. The summed E-state index contributed by atoms with van der Waals surface area (Å²) in [6.45, 7) is 9.19. The van der Waals surface area contributed by atoms with Crippen molar-refractivity contribution in [2.45, 2.75) is 52.1 Å². The molecule has 1 fully saturated rings. The molecule has 0 saturated heterocycles. The van der Waals surface area contributed by atoms with Crippen molar-refractivity contribution >= 4 is 11.6 Å². The van der Waals surface area contributed by atoms with Crippen molar-refractivity contribution in [1.29, 1.82) is 0 Å². The number of benzene rings is 1. The number of nitrogens with one attached hydrogen (secondary N) is 1. The molecule has 0 amide bonds. The number of hydrogen-bond donors (Lipinski definition) is 1. The van der Waals surface area contributed by atoms with Gasteiger partial charge in [0, 0.05) is 30.2 Å². The molecule has 0 radical (unpaired) electrons. The van der Waals surface area contributed by atoms with Crippen molar-refractivity contribution in [1.82, 2.24) is 10.2 Å². The van der Waals surface area contributed by atoms with Crippen molar-refractivity contribution in [2.24, 2.45) is 5.41 Å². The fraction of sp³-hybridized carbons (Fsp3) is 0.667. The molecule has 0 aliphatic heterocycles. The summed E-state index contributed by atoms with van der Waals surface area (Å²) in [6.07, 6.45) is 3.91. The highest BCUT2D eigenvalue weighted by Crippen LogP contribution is 2.29. The lowest BCUT2D eigenvalue weighted by Gasteiger charge is -2.36. The number of rotatable bonds is 8. The first-order valence-electron chi connectivity index (χ1n) is 8.12. The lowest BCUT2D eigenvalue weighted by atomic mass is 9.86. The van der Waals surface area contributed by atoms with Gasteiger partial charge in [-0.05, 0) is 56.3 Å². The van der Waals surface area contributed by atoms with Gasteiger partial charge in [0.1, 0.15) is 0 Å². The summed E-state index contributed by atoms with van der Waals surface area (Å²) in [5.41, 5.74) is 1.66. The third-order valence-corrected chi connectivity index (χ3v) is 5.15. The third-order valence-electron chi connectivity index (χ3n) is 4.89. The molecule has 1 aliphatic rings. The number of halogens is 1. The molecule has 2 rings (SSSR count). The van der Waals surface area contributed by atoms with Crippen molar-refractivity contribution in [3.05, 3.63) is 34.9 Å². The molecule has 2 nitrogen and oxygen atoms in total. The Morgan fingerprint density at radius 1 is 1.33 bits per heavy atom. The van der Waals surface area contributed by atoms with Gasteiger partial charge in [-0.1, -0.05) is 37.6 Å². The van der Waals surface area contributed by atoms with Crippen LogP contribution in [0.1, 0.15) is 51.6 Å². The quantitative estimate of drug-likeness (QED) is 0.760. The third kappa shape index (κ3) is 4.98. The molecule has 0 spiro atoms. The molecule has 2 atom stereocenters. The van der Waals surface area contributed by atoms with Gasteiger partial charge in [-0.2, -0.15) is 0 Å². The molecule has 0 bridgehead atoms. The van der Waals surface area contributed by atoms with Gasteiger partial charge in [0.25, 0.3) is 0 Å². The molecule has 118 valence electrons. The lowest BCUT2D eigenvalue weighted by molar-refractivity contribution is 0.147. The van der Waals surface area contributed by atoms with Crippen LogP contribution in [0.5, 0.6) is 0 Å². The van der Waals surface area contributed by atoms with E-state index < -0.39 is 0 Å². The SMILES string of the molecule is CCC(C)(CNC1CC1)CN(C)C(C)c1ccc(Cl)cc1. The molecule has 0 heterocycles. The van der Waals surface area contributed by atoms with E-state index in [0.29, 0.717) is 11.5 Å². The monoisotopic (exact) mass is 308 g/mol. The smallest absolute Gasteiger partial charge is 0.0406 e. The molecular weight excluding hydrogens is 280 g/mol. The minimum absolute atomic E-state index is 0.331. The van der Waals surface area contributed by atoms with E-state index in [-0.39, 0.29) is 0 Å². The highest BCUT2D eigenvalue weighted by atomic mass is 35.5. The Kier molecular flexibility index (Phi) is 5.70. The summed E-state index contributed by atoms with van der Waals surface area (Å²) in [5.74, 6) is 0. The summed E-state index contributed by atoms with van der Waals surface area (Å²) in [6, 6.07) is 9.43. The second kappa shape index (κ2) is 7.13. The van der Waals surface area contributed by atoms with E-state index in [1.54, 1.807) is 0 Å². The molecule has 1 aromatic carbocycles. The zero-order chi connectivity index (χ0) is 15.5. The lowest BCUT2D eigenvalue weighted by Crippen LogP contribution is -2.42. The zero-order valence-electron chi connectivity index (χ0n) is 13.8. The summed E-state index contributed by atoms with van der Waals surface area (Å²) >= 11 is 5.98. The average Bonchev–Trinajstić information content (AvgIpc) is 3.29. The van der Waals surface area contributed by atoms with Crippen molar-refractivity contribution in [3.63, 3.8) is 0 Å². The Morgan fingerprint density at radius 2 is 1.95 bits per heavy atom. The van der Waals surface area contributed by atoms with Crippen LogP contribution >= 0.6 is 11.6 Å². The van der Waals surface area contributed by atoms with Crippen LogP contribution in [0.2, 0.25) is 5.02 Å². The second-order valence-electron chi connectivity index (χ2n) is 6.96. The highest BCUT2D eigenvalue weighted by Gasteiger charge is 2.29. The molecule has 0 aromatic heterocycles. The molecule has 2 unspecified atom stereocenters. The van der Waals surface area contributed by atoms with Gasteiger partial charge >= 0.3 is 0 Å². The minimum atomic E-state index is 0.331. The minimum Gasteiger partial charge on any atom is -0.313 e. The van der Waals surface area contributed by atoms with Crippen LogP contribution in [0, 0.1) is 5.41 Å². The van der Waals surface area contributed by atoms with Gasteiger partial charge in [-0.3, -0.25) is 4.90 Å². The standard InChI is InChI=1S/C18H29ClN2/c1-5-18(3,12-20-17-10-11-17)13-21(4)14(2)15-6-8-16(19)9-7-15/h6-9,14,17,20H,5,10-13H2,1-4H3. The first kappa shape index (κ1) is 16.8. The average molecular weight is 309 g/mol.